The van der Waals surface area contributed by atoms with E-state index in [0.717, 1.165) is 16.1 Å². The Labute approximate surface area is 131 Å². The second kappa shape index (κ2) is 6.32. The summed E-state index contributed by atoms with van der Waals surface area (Å²) >= 11 is 1.65. The molecule has 3 rings (SSSR count). The number of rotatable bonds is 4. The first-order valence-corrected chi connectivity index (χ1v) is 7.57. The van der Waals surface area contributed by atoms with Crippen molar-refractivity contribution in [3.05, 3.63) is 75.7 Å². The molecule has 0 aliphatic carbocycles. The summed E-state index contributed by atoms with van der Waals surface area (Å²) in [5.74, 6) is -0.188. The van der Waals surface area contributed by atoms with E-state index in [9.17, 15) is 4.79 Å². The monoisotopic (exact) mass is 307 g/mol. The Morgan fingerprint density at radius 2 is 1.95 bits per heavy atom. The van der Waals surface area contributed by atoms with Crippen LogP contribution in [0.3, 0.4) is 0 Å². The van der Waals surface area contributed by atoms with Crippen molar-refractivity contribution in [1.29, 1.82) is 5.41 Å². The lowest BCUT2D eigenvalue weighted by Crippen LogP contribution is -2.12. The summed E-state index contributed by atoms with van der Waals surface area (Å²) in [5, 5.41) is 13.4. The topological polar surface area (TPSA) is 58.7 Å². The molecule has 0 spiro atoms. The van der Waals surface area contributed by atoms with Crippen LogP contribution in [0.5, 0.6) is 0 Å². The van der Waals surface area contributed by atoms with E-state index in [4.69, 9.17) is 5.41 Å². The summed E-state index contributed by atoms with van der Waals surface area (Å²) in [7, 11) is 0. The summed E-state index contributed by atoms with van der Waals surface area (Å²) in [6, 6.07) is 12.7. The van der Waals surface area contributed by atoms with Gasteiger partial charge in [-0.15, -0.1) is 11.3 Å². The van der Waals surface area contributed by atoms with Gasteiger partial charge < -0.3 is 5.41 Å². The second-order valence-corrected chi connectivity index (χ2v) is 5.58. The van der Waals surface area contributed by atoms with Gasteiger partial charge in [0, 0.05) is 22.9 Å². The van der Waals surface area contributed by atoms with Crippen LogP contribution in [0.15, 0.2) is 54.0 Å². The van der Waals surface area contributed by atoms with Crippen molar-refractivity contribution in [3.8, 4) is 0 Å². The van der Waals surface area contributed by atoms with Gasteiger partial charge in [-0.25, -0.2) is 4.68 Å². The van der Waals surface area contributed by atoms with E-state index in [-0.39, 0.29) is 5.91 Å². The lowest BCUT2D eigenvalue weighted by molar-refractivity contribution is 0.0945. The molecule has 0 saturated heterocycles. The minimum absolute atomic E-state index is 0.188. The quantitative estimate of drug-likeness (QED) is 0.745. The van der Waals surface area contributed by atoms with Crippen molar-refractivity contribution in [1.82, 2.24) is 9.78 Å². The summed E-state index contributed by atoms with van der Waals surface area (Å²) in [6.07, 6.45) is 6.76. The normalized spacial score (nSPS) is 10.9. The number of hydrogen-bond acceptors (Lipinski definition) is 4. The molecule has 5 heteroatoms. The summed E-state index contributed by atoms with van der Waals surface area (Å²) < 4.78 is 1.33. The Bertz CT molecular complexity index is 814. The van der Waals surface area contributed by atoms with Gasteiger partial charge in [0.05, 0.1) is 5.69 Å². The number of carbonyl (C=O) groups is 1. The molecule has 0 aliphatic rings. The molecule has 1 N–H and O–H groups in total. The zero-order valence-electron chi connectivity index (χ0n) is 11.6. The third-order valence-corrected chi connectivity index (χ3v) is 3.94. The van der Waals surface area contributed by atoms with Crippen LogP contribution in [0, 0.1) is 5.41 Å². The molecule has 0 fully saturated rings. The Hall–Kier alpha value is -2.79. The highest BCUT2D eigenvalue weighted by Gasteiger charge is 2.09. The van der Waals surface area contributed by atoms with Crippen LogP contribution in [-0.4, -0.2) is 21.9 Å². The minimum atomic E-state index is -0.188. The first-order valence-electron chi connectivity index (χ1n) is 6.69. The molecule has 0 atom stereocenters. The predicted molar refractivity (Wildman–Crippen MR) is 89.5 cm³/mol. The molecule has 2 aromatic heterocycles. The Kier molecular flexibility index (Phi) is 4.07. The molecule has 0 unspecified atom stereocenters. The second-order valence-electron chi connectivity index (χ2n) is 4.61. The maximum Gasteiger partial charge on any atom is 0.278 e. The molecule has 3 aromatic rings. The van der Waals surface area contributed by atoms with E-state index in [2.05, 4.69) is 5.10 Å². The van der Waals surface area contributed by atoms with Crippen LogP contribution < -0.4 is 0 Å². The highest BCUT2D eigenvalue weighted by Crippen LogP contribution is 2.13. The van der Waals surface area contributed by atoms with Gasteiger partial charge in [-0.1, -0.05) is 18.2 Å². The fourth-order valence-corrected chi connectivity index (χ4v) is 2.57. The first-order chi connectivity index (χ1) is 10.8. The number of thiophene rings is 1. The van der Waals surface area contributed by atoms with Gasteiger partial charge in [0.2, 0.25) is 0 Å². The fourth-order valence-electron chi connectivity index (χ4n) is 1.95. The molecule has 0 radical (unpaired) electrons. The Morgan fingerprint density at radius 1 is 1.14 bits per heavy atom. The molecule has 0 bridgehead atoms. The molecular weight excluding hydrogens is 294 g/mol. The van der Waals surface area contributed by atoms with E-state index in [1.54, 1.807) is 47.9 Å². The van der Waals surface area contributed by atoms with Crippen molar-refractivity contribution in [3.63, 3.8) is 0 Å². The fraction of sp³-hybridized carbons (Fsp3) is 0. The zero-order chi connectivity index (χ0) is 15.4. The molecule has 2 heterocycles. The van der Waals surface area contributed by atoms with Crippen LogP contribution >= 0.6 is 11.3 Å². The average Bonchev–Trinajstić information content (AvgIpc) is 3.24. The van der Waals surface area contributed by atoms with Crippen LogP contribution in [0.2, 0.25) is 0 Å². The molecule has 4 nitrogen and oxygen atoms in total. The van der Waals surface area contributed by atoms with Gasteiger partial charge in [-0.2, -0.15) is 5.10 Å². The van der Waals surface area contributed by atoms with Gasteiger partial charge in [-0.3, -0.25) is 4.79 Å². The van der Waals surface area contributed by atoms with E-state index >= 15 is 0 Å². The lowest BCUT2D eigenvalue weighted by atomic mass is 10.1. The summed E-state index contributed by atoms with van der Waals surface area (Å²) in [5.41, 5.74) is 2.04. The van der Waals surface area contributed by atoms with Crippen LogP contribution in [0.1, 0.15) is 26.5 Å². The highest BCUT2D eigenvalue weighted by molar-refractivity contribution is 7.10. The number of hydrogen-bond donors (Lipinski definition) is 1. The minimum Gasteiger partial charge on any atom is -0.308 e. The van der Waals surface area contributed by atoms with Gasteiger partial charge in [0.1, 0.15) is 0 Å². The summed E-state index contributed by atoms with van der Waals surface area (Å²) in [6.45, 7) is 0. The molecule has 0 saturated carbocycles. The number of carbonyl (C=O) groups excluding carboxylic acids is 1. The Morgan fingerprint density at radius 3 is 2.64 bits per heavy atom. The lowest BCUT2D eigenvalue weighted by Gasteiger charge is -2.00. The van der Waals surface area contributed by atoms with Gasteiger partial charge in [-0.05, 0) is 47.4 Å². The molecule has 1 aromatic carbocycles. The van der Waals surface area contributed by atoms with E-state index in [1.807, 2.05) is 29.7 Å². The standard InChI is InChI=1S/C17H13N3OS/c18-12-13-3-5-14(6-4-13)17(21)20-10-9-15(19-20)7-8-16-2-1-11-22-16/h1-12,18H. The Balaban J connectivity index is 1.77. The van der Waals surface area contributed by atoms with Gasteiger partial charge >= 0.3 is 0 Å². The molecule has 22 heavy (non-hydrogen) atoms. The highest BCUT2D eigenvalue weighted by atomic mass is 32.1. The number of nitrogens with one attached hydrogen (secondary N) is 1. The number of nitrogens with zero attached hydrogens (tertiary/aromatic N) is 2. The smallest absolute Gasteiger partial charge is 0.278 e. The maximum atomic E-state index is 12.3. The van der Waals surface area contributed by atoms with Crippen LogP contribution in [0.25, 0.3) is 12.2 Å². The van der Waals surface area contributed by atoms with Crippen molar-refractivity contribution < 1.29 is 4.79 Å². The van der Waals surface area contributed by atoms with Gasteiger partial charge in [0.15, 0.2) is 0 Å². The third kappa shape index (κ3) is 3.10. The van der Waals surface area contributed by atoms with Gasteiger partial charge in [0.25, 0.3) is 5.91 Å². The van der Waals surface area contributed by atoms with Crippen LogP contribution in [-0.2, 0) is 0 Å². The van der Waals surface area contributed by atoms with Crippen LogP contribution in [0.4, 0.5) is 0 Å². The number of benzene rings is 1. The van der Waals surface area contributed by atoms with E-state index in [0.29, 0.717) is 5.56 Å². The largest absolute Gasteiger partial charge is 0.308 e. The SMILES string of the molecule is N=Cc1ccc(C(=O)n2ccc(C=Cc3cccs3)n2)cc1. The van der Waals surface area contributed by atoms with E-state index < -0.39 is 0 Å². The van der Waals surface area contributed by atoms with Crippen molar-refractivity contribution in [2.24, 2.45) is 0 Å². The molecule has 108 valence electrons. The maximum absolute atomic E-state index is 12.3. The third-order valence-electron chi connectivity index (χ3n) is 3.10. The summed E-state index contributed by atoms with van der Waals surface area (Å²) in [4.78, 5) is 13.5. The molecule has 0 amide bonds. The number of aromatic nitrogens is 2. The molecular formula is C17H13N3OS. The first kappa shape index (κ1) is 14.2. The zero-order valence-corrected chi connectivity index (χ0v) is 12.5. The average molecular weight is 307 g/mol. The van der Waals surface area contributed by atoms with Crippen molar-refractivity contribution in [2.75, 3.05) is 0 Å². The van der Waals surface area contributed by atoms with Crippen molar-refractivity contribution >= 4 is 35.6 Å². The van der Waals surface area contributed by atoms with E-state index in [1.165, 1.54) is 10.9 Å². The predicted octanol–water partition coefficient (Wildman–Crippen LogP) is 3.80. The van der Waals surface area contributed by atoms with Crippen molar-refractivity contribution in [2.45, 2.75) is 0 Å². The molecule has 0 aliphatic heterocycles.